The van der Waals surface area contributed by atoms with Crippen molar-refractivity contribution in [3.63, 3.8) is 0 Å². The molecule has 3 heterocycles. The number of sulfonamides is 1. The molecule has 0 bridgehead atoms. The topological polar surface area (TPSA) is 111 Å². The highest BCUT2D eigenvalue weighted by molar-refractivity contribution is 7.90. The van der Waals surface area contributed by atoms with E-state index in [9.17, 15) is 18.0 Å². The number of rotatable bonds is 5. The fraction of sp³-hybridized carbons (Fsp3) is 0.417. The van der Waals surface area contributed by atoms with Crippen molar-refractivity contribution in [1.82, 2.24) is 9.62 Å². The third-order valence-corrected chi connectivity index (χ3v) is 8.99. The van der Waals surface area contributed by atoms with Crippen molar-refractivity contribution in [2.24, 2.45) is 0 Å². The van der Waals surface area contributed by atoms with Crippen LogP contribution in [0.3, 0.4) is 0 Å². The number of nitrogens with zero attached hydrogens (tertiary/aromatic N) is 1. The van der Waals surface area contributed by atoms with Gasteiger partial charge in [0.25, 0.3) is 21.8 Å². The monoisotopic (exact) mass is 484 g/mol. The first-order valence-electron chi connectivity index (χ1n) is 11.4. The van der Waals surface area contributed by atoms with Crippen molar-refractivity contribution >= 4 is 21.8 Å². The molecule has 6 rings (SSSR count). The zero-order valence-electron chi connectivity index (χ0n) is 18.4. The van der Waals surface area contributed by atoms with Gasteiger partial charge in [-0.3, -0.25) is 9.59 Å². The molecule has 34 heavy (non-hydrogen) atoms. The average molecular weight is 485 g/mol. The zero-order valence-corrected chi connectivity index (χ0v) is 19.2. The van der Waals surface area contributed by atoms with Crippen LogP contribution < -0.4 is 14.8 Å². The minimum absolute atomic E-state index is 0.0893. The van der Waals surface area contributed by atoms with E-state index in [2.05, 4.69) is 5.32 Å². The lowest BCUT2D eigenvalue weighted by molar-refractivity contribution is 0.0486. The SMILES string of the molecule is O=C(NCC1(c2ccc3c(c2)OCO3)CCOCC1)c1ccc2c(c1)S(=O)(=O)N(C1CC1)C2=O. The van der Waals surface area contributed by atoms with Crippen LogP contribution in [0.1, 0.15) is 52.0 Å². The van der Waals surface area contributed by atoms with Crippen LogP contribution in [0, 0.1) is 0 Å². The Morgan fingerprint density at radius 3 is 2.59 bits per heavy atom. The van der Waals surface area contributed by atoms with E-state index in [-0.39, 0.29) is 40.2 Å². The van der Waals surface area contributed by atoms with Gasteiger partial charge in [0.05, 0.1) is 5.56 Å². The molecule has 9 nitrogen and oxygen atoms in total. The molecule has 0 unspecified atom stereocenters. The van der Waals surface area contributed by atoms with Gasteiger partial charge in [0.1, 0.15) is 4.90 Å². The Hall–Kier alpha value is -3.11. The summed E-state index contributed by atoms with van der Waals surface area (Å²) in [5.74, 6) is 0.489. The van der Waals surface area contributed by atoms with E-state index in [1.165, 1.54) is 18.2 Å². The predicted molar refractivity (Wildman–Crippen MR) is 119 cm³/mol. The number of carbonyl (C=O) groups excluding carboxylic acids is 2. The Bertz CT molecular complexity index is 1300. The fourth-order valence-corrected chi connectivity index (χ4v) is 6.81. The molecule has 178 valence electrons. The molecule has 2 fully saturated rings. The van der Waals surface area contributed by atoms with Crippen LogP contribution in [0.5, 0.6) is 11.5 Å². The number of hydrogen-bond donors (Lipinski definition) is 1. The van der Waals surface area contributed by atoms with Gasteiger partial charge < -0.3 is 19.5 Å². The quantitative estimate of drug-likeness (QED) is 0.693. The lowest BCUT2D eigenvalue weighted by atomic mass is 9.74. The summed E-state index contributed by atoms with van der Waals surface area (Å²) in [7, 11) is -3.92. The van der Waals surface area contributed by atoms with Crippen LogP contribution in [0.15, 0.2) is 41.3 Å². The van der Waals surface area contributed by atoms with Crippen molar-refractivity contribution in [2.45, 2.75) is 42.0 Å². The third-order valence-electron chi connectivity index (χ3n) is 7.11. The van der Waals surface area contributed by atoms with Crippen LogP contribution in [0.4, 0.5) is 0 Å². The Morgan fingerprint density at radius 1 is 1.06 bits per heavy atom. The average Bonchev–Trinajstić information content (AvgIpc) is 3.51. The van der Waals surface area contributed by atoms with Crippen molar-refractivity contribution in [1.29, 1.82) is 0 Å². The lowest BCUT2D eigenvalue weighted by Gasteiger charge is -2.38. The second-order valence-corrected chi connectivity index (χ2v) is 11.0. The largest absolute Gasteiger partial charge is 0.454 e. The minimum Gasteiger partial charge on any atom is -0.454 e. The number of fused-ring (bicyclic) bond motifs is 2. The fourth-order valence-electron chi connectivity index (χ4n) is 4.97. The van der Waals surface area contributed by atoms with E-state index >= 15 is 0 Å². The predicted octanol–water partition coefficient (Wildman–Crippen LogP) is 2.20. The van der Waals surface area contributed by atoms with Crippen LogP contribution in [-0.4, -0.2) is 57.1 Å². The number of ether oxygens (including phenoxy) is 3. The van der Waals surface area contributed by atoms with E-state index in [1.54, 1.807) is 0 Å². The first kappa shape index (κ1) is 21.4. The molecule has 2 amide bonds. The normalized spacial score (nSPS) is 21.9. The smallest absolute Gasteiger partial charge is 0.269 e. The summed E-state index contributed by atoms with van der Waals surface area (Å²) in [5.41, 5.74) is 1.02. The van der Waals surface area contributed by atoms with E-state index in [4.69, 9.17) is 14.2 Å². The molecule has 2 aromatic carbocycles. The lowest BCUT2D eigenvalue weighted by Crippen LogP contribution is -2.44. The number of nitrogens with one attached hydrogen (secondary N) is 1. The van der Waals surface area contributed by atoms with Gasteiger partial charge >= 0.3 is 0 Å². The number of benzene rings is 2. The molecular weight excluding hydrogens is 460 g/mol. The maximum atomic E-state index is 13.1. The van der Waals surface area contributed by atoms with Gasteiger partial charge in [0.2, 0.25) is 6.79 Å². The van der Waals surface area contributed by atoms with E-state index < -0.39 is 15.9 Å². The molecule has 2 aromatic rings. The molecule has 1 aliphatic carbocycles. The van der Waals surface area contributed by atoms with Crippen LogP contribution >= 0.6 is 0 Å². The Kier molecular flexibility index (Phi) is 4.86. The molecule has 1 saturated heterocycles. The minimum atomic E-state index is -3.92. The van der Waals surface area contributed by atoms with Crippen LogP contribution in [0.2, 0.25) is 0 Å². The first-order chi connectivity index (χ1) is 16.4. The number of amides is 2. The maximum absolute atomic E-state index is 13.1. The Balaban J connectivity index is 1.25. The van der Waals surface area contributed by atoms with Gasteiger partial charge in [0, 0.05) is 36.8 Å². The molecule has 1 N–H and O–H groups in total. The van der Waals surface area contributed by atoms with Gasteiger partial charge in [-0.05, 0) is 61.6 Å². The molecule has 4 aliphatic rings. The second-order valence-electron chi connectivity index (χ2n) is 9.19. The highest BCUT2D eigenvalue weighted by atomic mass is 32.2. The van der Waals surface area contributed by atoms with Gasteiger partial charge in [-0.15, -0.1) is 0 Å². The van der Waals surface area contributed by atoms with Crippen molar-refractivity contribution < 1.29 is 32.2 Å². The second kappa shape index (κ2) is 7.71. The van der Waals surface area contributed by atoms with Gasteiger partial charge in [0.15, 0.2) is 11.5 Å². The summed E-state index contributed by atoms with van der Waals surface area (Å²) in [4.78, 5) is 25.6. The van der Waals surface area contributed by atoms with E-state index in [0.717, 1.165) is 22.7 Å². The first-order valence-corrected chi connectivity index (χ1v) is 12.8. The zero-order chi connectivity index (χ0) is 23.5. The van der Waals surface area contributed by atoms with Crippen molar-refractivity contribution in [3.8, 4) is 11.5 Å². The van der Waals surface area contributed by atoms with Crippen molar-refractivity contribution in [3.05, 3.63) is 53.1 Å². The number of carbonyl (C=O) groups is 2. The summed E-state index contributed by atoms with van der Waals surface area (Å²) in [6, 6.07) is 9.83. The summed E-state index contributed by atoms with van der Waals surface area (Å²) < 4.78 is 43.4. The van der Waals surface area contributed by atoms with Crippen molar-refractivity contribution in [2.75, 3.05) is 26.6 Å². The Labute approximate surface area is 197 Å². The molecule has 3 aliphatic heterocycles. The van der Waals surface area contributed by atoms with Gasteiger partial charge in [-0.1, -0.05) is 6.07 Å². The summed E-state index contributed by atoms with van der Waals surface area (Å²) in [5, 5.41) is 2.99. The summed E-state index contributed by atoms with van der Waals surface area (Å²) in [6.45, 7) is 1.68. The molecule has 0 radical (unpaired) electrons. The molecule has 0 aromatic heterocycles. The molecule has 0 spiro atoms. The molecule has 1 saturated carbocycles. The van der Waals surface area contributed by atoms with E-state index in [0.29, 0.717) is 44.1 Å². The Morgan fingerprint density at radius 2 is 1.82 bits per heavy atom. The molecular formula is C24H24N2O7S. The third kappa shape index (κ3) is 3.35. The van der Waals surface area contributed by atoms with E-state index in [1.807, 2.05) is 18.2 Å². The molecule has 0 atom stereocenters. The van der Waals surface area contributed by atoms with Gasteiger partial charge in [-0.25, -0.2) is 12.7 Å². The highest BCUT2D eigenvalue weighted by Gasteiger charge is 2.49. The maximum Gasteiger partial charge on any atom is 0.269 e. The highest BCUT2D eigenvalue weighted by Crippen LogP contribution is 2.41. The van der Waals surface area contributed by atoms with Gasteiger partial charge in [-0.2, -0.15) is 0 Å². The van der Waals surface area contributed by atoms with Crippen LogP contribution in [0.25, 0.3) is 0 Å². The molecule has 10 heteroatoms. The summed E-state index contributed by atoms with van der Waals surface area (Å²) >= 11 is 0. The standard InChI is InChI=1S/C24H24N2O7S/c27-22(15-1-5-18-21(11-15)34(29,30)26(23(18)28)17-3-4-17)25-13-24(7-9-31-10-8-24)16-2-6-19-20(12-16)33-14-32-19/h1-2,5-6,11-12,17H,3-4,7-10,13-14H2,(H,25,27). The van der Waals surface area contributed by atoms with Crippen LogP contribution in [-0.2, 0) is 20.2 Å². The number of hydrogen-bond acceptors (Lipinski definition) is 7. The summed E-state index contributed by atoms with van der Waals surface area (Å²) in [6.07, 6.45) is 2.79.